The predicted octanol–water partition coefficient (Wildman–Crippen LogP) is 5.56. The first-order chi connectivity index (χ1) is 15.4. The molecule has 0 atom stereocenters. The van der Waals surface area contributed by atoms with Gasteiger partial charge in [0.05, 0.1) is 5.02 Å². The molecule has 0 aliphatic heterocycles. The van der Waals surface area contributed by atoms with E-state index in [-0.39, 0.29) is 23.1 Å². The number of rotatable bonds is 7. The summed E-state index contributed by atoms with van der Waals surface area (Å²) in [5.74, 6) is -0.613. The highest BCUT2D eigenvalue weighted by molar-refractivity contribution is 6.32. The summed E-state index contributed by atoms with van der Waals surface area (Å²) < 4.78 is 5.47. The third kappa shape index (κ3) is 6.61. The first kappa shape index (κ1) is 22.9. The van der Waals surface area contributed by atoms with Crippen molar-refractivity contribution in [2.45, 2.75) is 0 Å². The van der Waals surface area contributed by atoms with E-state index in [1.807, 2.05) is 24.3 Å². The van der Waals surface area contributed by atoms with Crippen molar-refractivity contribution in [3.05, 3.63) is 94.0 Å². The Hall–Kier alpha value is -3.79. The van der Waals surface area contributed by atoms with Gasteiger partial charge in [-0.2, -0.15) is 5.26 Å². The number of carbonyl (C=O) groups is 2. The minimum absolute atomic E-state index is 0.114. The van der Waals surface area contributed by atoms with Crippen LogP contribution < -0.4 is 15.4 Å². The maximum absolute atomic E-state index is 12.4. The smallest absolute Gasteiger partial charge is 0.266 e. The molecule has 0 unspecified atom stereocenters. The van der Waals surface area contributed by atoms with E-state index in [0.717, 1.165) is 0 Å². The van der Waals surface area contributed by atoms with Crippen LogP contribution in [0.2, 0.25) is 10.0 Å². The second-order valence-corrected chi connectivity index (χ2v) is 7.37. The molecule has 0 bridgehead atoms. The van der Waals surface area contributed by atoms with Gasteiger partial charge in [0.25, 0.3) is 11.8 Å². The van der Waals surface area contributed by atoms with Crippen LogP contribution in [0.15, 0.2) is 78.4 Å². The second-order valence-electron chi connectivity index (χ2n) is 6.53. The zero-order chi connectivity index (χ0) is 22.9. The lowest BCUT2D eigenvalue weighted by Crippen LogP contribution is -2.20. The van der Waals surface area contributed by atoms with E-state index in [0.29, 0.717) is 27.7 Å². The molecule has 0 heterocycles. The maximum Gasteiger partial charge on any atom is 0.266 e. The van der Waals surface area contributed by atoms with Gasteiger partial charge in [-0.25, -0.2) is 0 Å². The molecule has 3 aromatic rings. The van der Waals surface area contributed by atoms with Crippen LogP contribution >= 0.6 is 23.2 Å². The Morgan fingerprint density at radius 2 is 1.69 bits per heavy atom. The lowest BCUT2D eigenvalue weighted by molar-refractivity contribution is -0.118. The van der Waals surface area contributed by atoms with Crippen molar-refractivity contribution >= 4 is 52.5 Å². The van der Waals surface area contributed by atoms with Crippen molar-refractivity contribution in [3.8, 4) is 11.8 Å². The molecule has 0 spiro atoms. The lowest BCUT2D eigenvalue weighted by atomic mass is 10.1. The van der Waals surface area contributed by atoms with E-state index in [2.05, 4.69) is 10.6 Å². The van der Waals surface area contributed by atoms with Crippen LogP contribution in [0, 0.1) is 11.3 Å². The van der Waals surface area contributed by atoms with Crippen molar-refractivity contribution in [2.75, 3.05) is 17.2 Å². The monoisotopic (exact) mass is 465 g/mol. The number of amides is 2. The van der Waals surface area contributed by atoms with Crippen LogP contribution in [-0.2, 0) is 9.59 Å². The number of para-hydroxylation sites is 1. The highest BCUT2D eigenvalue weighted by Crippen LogP contribution is 2.27. The van der Waals surface area contributed by atoms with Gasteiger partial charge in [-0.3, -0.25) is 9.59 Å². The van der Waals surface area contributed by atoms with Crippen LogP contribution in [0.1, 0.15) is 5.56 Å². The van der Waals surface area contributed by atoms with Crippen LogP contribution in [-0.4, -0.2) is 18.4 Å². The van der Waals surface area contributed by atoms with Gasteiger partial charge in [0.2, 0.25) is 0 Å². The fourth-order valence-corrected chi connectivity index (χ4v) is 3.10. The van der Waals surface area contributed by atoms with Gasteiger partial charge in [-0.05, 0) is 54.1 Å². The summed E-state index contributed by atoms with van der Waals surface area (Å²) in [5.41, 5.74) is 1.54. The number of halogens is 2. The van der Waals surface area contributed by atoms with Gasteiger partial charge in [0.15, 0.2) is 6.61 Å². The van der Waals surface area contributed by atoms with Crippen molar-refractivity contribution in [2.24, 2.45) is 0 Å². The van der Waals surface area contributed by atoms with Crippen LogP contribution in [0.5, 0.6) is 5.75 Å². The number of hydrogen-bond donors (Lipinski definition) is 2. The summed E-state index contributed by atoms with van der Waals surface area (Å²) in [6, 6.07) is 22.2. The van der Waals surface area contributed by atoms with Gasteiger partial charge >= 0.3 is 0 Å². The van der Waals surface area contributed by atoms with E-state index in [4.69, 9.17) is 27.9 Å². The number of nitrogens with one attached hydrogen (secondary N) is 2. The summed E-state index contributed by atoms with van der Waals surface area (Å²) >= 11 is 12.1. The summed E-state index contributed by atoms with van der Waals surface area (Å²) in [5, 5.41) is 15.4. The van der Waals surface area contributed by atoms with E-state index < -0.39 is 5.91 Å². The summed E-state index contributed by atoms with van der Waals surface area (Å²) in [6.45, 7) is -0.227. The second kappa shape index (κ2) is 11.0. The molecule has 0 saturated carbocycles. The number of benzene rings is 3. The van der Waals surface area contributed by atoms with E-state index in [1.165, 1.54) is 12.1 Å². The Morgan fingerprint density at radius 3 is 2.38 bits per heavy atom. The van der Waals surface area contributed by atoms with Gasteiger partial charge < -0.3 is 15.4 Å². The fraction of sp³-hybridized carbons (Fsp3) is 0.0417. The van der Waals surface area contributed by atoms with Gasteiger partial charge in [0, 0.05) is 16.4 Å². The van der Waals surface area contributed by atoms with Crippen LogP contribution in [0.4, 0.5) is 11.4 Å². The van der Waals surface area contributed by atoms with E-state index in [9.17, 15) is 14.9 Å². The number of carbonyl (C=O) groups excluding carboxylic acids is 2. The average Bonchev–Trinajstić information content (AvgIpc) is 2.77. The Morgan fingerprint density at radius 1 is 0.938 bits per heavy atom. The van der Waals surface area contributed by atoms with Crippen molar-refractivity contribution < 1.29 is 14.3 Å². The van der Waals surface area contributed by atoms with Gasteiger partial charge in [0.1, 0.15) is 17.4 Å². The van der Waals surface area contributed by atoms with Crippen LogP contribution in [0.25, 0.3) is 6.08 Å². The number of anilines is 2. The maximum atomic E-state index is 12.4. The highest BCUT2D eigenvalue weighted by Gasteiger charge is 2.11. The Balaban J connectivity index is 1.64. The molecule has 0 aliphatic carbocycles. The quantitative estimate of drug-likeness (QED) is 0.353. The normalized spacial score (nSPS) is 10.7. The number of hydrogen-bond acceptors (Lipinski definition) is 4. The first-order valence-electron chi connectivity index (χ1n) is 9.40. The molecule has 2 amide bonds. The average molecular weight is 466 g/mol. The van der Waals surface area contributed by atoms with Crippen molar-refractivity contribution in [1.29, 1.82) is 5.26 Å². The molecule has 8 heteroatoms. The molecule has 0 aliphatic rings. The summed E-state index contributed by atoms with van der Waals surface area (Å²) in [7, 11) is 0. The zero-order valence-electron chi connectivity index (χ0n) is 16.6. The van der Waals surface area contributed by atoms with Gasteiger partial charge in [-0.1, -0.05) is 53.5 Å². The Kier molecular flexibility index (Phi) is 7.87. The molecule has 32 heavy (non-hydrogen) atoms. The van der Waals surface area contributed by atoms with E-state index >= 15 is 0 Å². The molecule has 3 aromatic carbocycles. The number of nitrogens with zero attached hydrogens (tertiary/aromatic N) is 1. The molecule has 0 fully saturated rings. The lowest BCUT2D eigenvalue weighted by Gasteiger charge is -2.09. The van der Waals surface area contributed by atoms with Crippen molar-refractivity contribution in [1.82, 2.24) is 0 Å². The van der Waals surface area contributed by atoms with E-state index in [1.54, 1.807) is 48.5 Å². The molecule has 160 valence electrons. The molecule has 0 aromatic heterocycles. The molecular weight excluding hydrogens is 449 g/mol. The Labute approximate surface area is 195 Å². The largest absolute Gasteiger partial charge is 0.482 e. The topological polar surface area (TPSA) is 91.2 Å². The van der Waals surface area contributed by atoms with Gasteiger partial charge in [-0.15, -0.1) is 0 Å². The zero-order valence-corrected chi connectivity index (χ0v) is 18.2. The SMILES string of the molecule is N#C/C(=C\c1ccc(OCC(=O)Nc2ccccc2)c(Cl)c1)C(=O)Nc1cccc(Cl)c1. The molecular formula is C24H17Cl2N3O3. The molecule has 0 radical (unpaired) electrons. The molecule has 6 nitrogen and oxygen atoms in total. The minimum Gasteiger partial charge on any atom is -0.482 e. The predicted molar refractivity (Wildman–Crippen MR) is 126 cm³/mol. The summed E-state index contributed by atoms with van der Waals surface area (Å²) in [4.78, 5) is 24.4. The number of nitriles is 1. The highest BCUT2D eigenvalue weighted by atomic mass is 35.5. The minimum atomic E-state index is -0.580. The fourth-order valence-electron chi connectivity index (χ4n) is 2.67. The third-order valence-electron chi connectivity index (χ3n) is 4.13. The summed E-state index contributed by atoms with van der Waals surface area (Å²) in [6.07, 6.45) is 1.40. The van der Waals surface area contributed by atoms with Crippen LogP contribution in [0.3, 0.4) is 0 Å². The Bertz CT molecular complexity index is 1200. The third-order valence-corrected chi connectivity index (χ3v) is 4.66. The molecule has 0 saturated heterocycles. The number of ether oxygens (including phenoxy) is 1. The van der Waals surface area contributed by atoms with Crippen molar-refractivity contribution in [3.63, 3.8) is 0 Å². The molecule has 3 rings (SSSR count). The first-order valence-corrected chi connectivity index (χ1v) is 10.2. The standard InChI is InChI=1S/C24H17Cl2N3O3/c25-18-5-4-8-20(13-18)29-24(31)17(14-27)11-16-9-10-22(21(26)12-16)32-15-23(30)28-19-6-2-1-3-7-19/h1-13H,15H2,(H,28,30)(H,29,31)/b17-11+. The molecule has 2 N–H and O–H groups in total.